The van der Waals surface area contributed by atoms with Gasteiger partial charge in [-0.15, -0.1) is 0 Å². The number of nitriles is 1. The van der Waals surface area contributed by atoms with Crippen molar-refractivity contribution in [3.05, 3.63) is 35.9 Å². The van der Waals surface area contributed by atoms with E-state index in [1.54, 1.807) is 0 Å². The number of piperidine rings is 1. The molecule has 3 rings (SSSR count). The van der Waals surface area contributed by atoms with Gasteiger partial charge < -0.3 is 4.90 Å². The Morgan fingerprint density at radius 3 is 2.65 bits per heavy atom. The molecule has 1 aromatic carbocycles. The number of likely N-dealkylation sites (tertiary alicyclic amines) is 1. The lowest BCUT2D eigenvalue weighted by Gasteiger charge is -2.42. The summed E-state index contributed by atoms with van der Waals surface area (Å²) in [6, 6.07) is 14.5. The molecule has 0 amide bonds. The smallest absolute Gasteiger partial charge is 0.0628 e. The predicted molar refractivity (Wildman–Crippen MR) is 93.9 cm³/mol. The molecule has 0 N–H and O–H groups in total. The minimum absolute atomic E-state index is 0.327. The second kappa shape index (κ2) is 7.03. The first kappa shape index (κ1) is 16.5. The lowest BCUT2D eigenvalue weighted by molar-refractivity contribution is 0.0708. The van der Waals surface area contributed by atoms with E-state index in [9.17, 15) is 0 Å². The van der Waals surface area contributed by atoms with Crippen LogP contribution in [0.15, 0.2) is 30.3 Å². The maximum atomic E-state index is 9.01. The van der Waals surface area contributed by atoms with E-state index in [1.165, 1.54) is 37.8 Å². The molecule has 1 aromatic rings. The fourth-order valence-corrected chi connectivity index (χ4v) is 4.04. The number of hydrogen-bond donors (Lipinski definition) is 0. The highest BCUT2D eigenvalue weighted by atomic mass is 15.2. The molecule has 1 aliphatic carbocycles. The SMILES string of the molecule is CC1CC(N(C)CC2(CC#N)CC2)CCN1Cc1ccccc1. The Labute approximate surface area is 140 Å². The quantitative estimate of drug-likeness (QED) is 0.803. The van der Waals surface area contributed by atoms with Crippen LogP contribution in [0.5, 0.6) is 0 Å². The van der Waals surface area contributed by atoms with Crippen LogP contribution in [0.1, 0.15) is 44.6 Å². The average Bonchev–Trinajstić information content (AvgIpc) is 3.30. The zero-order valence-corrected chi connectivity index (χ0v) is 14.5. The molecule has 2 unspecified atom stereocenters. The van der Waals surface area contributed by atoms with E-state index in [2.05, 4.69) is 60.2 Å². The third-order valence-corrected chi connectivity index (χ3v) is 5.83. The van der Waals surface area contributed by atoms with Gasteiger partial charge in [0.05, 0.1) is 6.07 Å². The fourth-order valence-electron chi connectivity index (χ4n) is 4.04. The summed E-state index contributed by atoms with van der Waals surface area (Å²) in [5.41, 5.74) is 1.74. The van der Waals surface area contributed by atoms with Gasteiger partial charge in [-0.25, -0.2) is 0 Å². The standard InChI is InChI=1S/C20H29N3/c1-17-14-19(22(2)16-20(9-10-20)11-12-21)8-13-23(17)15-18-6-4-3-5-7-18/h3-7,17,19H,8-11,13-16H2,1-2H3. The van der Waals surface area contributed by atoms with Crippen LogP contribution in [0.25, 0.3) is 0 Å². The number of hydrogen-bond acceptors (Lipinski definition) is 3. The van der Waals surface area contributed by atoms with Crippen LogP contribution < -0.4 is 0 Å². The zero-order valence-electron chi connectivity index (χ0n) is 14.5. The Balaban J connectivity index is 1.51. The minimum atomic E-state index is 0.327. The molecule has 3 heteroatoms. The van der Waals surface area contributed by atoms with Gasteiger partial charge in [0.15, 0.2) is 0 Å². The maximum absolute atomic E-state index is 9.01. The zero-order chi connectivity index (χ0) is 16.3. The van der Waals surface area contributed by atoms with Gasteiger partial charge in [0.2, 0.25) is 0 Å². The van der Waals surface area contributed by atoms with Crippen molar-refractivity contribution in [3.63, 3.8) is 0 Å². The summed E-state index contributed by atoms with van der Waals surface area (Å²) in [5, 5.41) is 9.01. The molecule has 0 radical (unpaired) electrons. The van der Waals surface area contributed by atoms with E-state index in [4.69, 9.17) is 5.26 Å². The van der Waals surface area contributed by atoms with E-state index >= 15 is 0 Å². The highest BCUT2D eigenvalue weighted by Crippen LogP contribution is 2.49. The second-order valence-corrected chi connectivity index (χ2v) is 7.73. The van der Waals surface area contributed by atoms with Gasteiger partial charge in [-0.3, -0.25) is 4.90 Å². The molecule has 1 saturated heterocycles. The molecular weight excluding hydrogens is 282 g/mol. The molecule has 1 heterocycles. The van der Waals surface area contributed by atoms with Gasteiger partial charge in [-0.2, -0.15) is 5.26 Å². The minimum Gasteiger partial charge on any atom is -0.303 e. The van der Waals surface area contributed by atoms with Crippen LogP contribution in [0, 0.1) is 16.7 Å². The third kappa shape index (κ3) is 4.13. The summed E-state index contributed by atoms with van der Waals surface area (Å²) in [6.07, 6.45) is 5.71. The molecule has 124 valence electrons. The molecule has 2 atom stereocenters. The van der Waals surface area contributed by atoms with Crippen molar-refractivity contribution in [1.82, 2.24) is 9.80 Å². The van der Waals surface area contributed by atoms with Crippen LogP contribution in [-0.2, 0) is 6.54 Å². The van der Waals surface area contributed by atoms with Gasteiger partial charge in [0.1, 0.15) is 0 Å². The molecule has 0 spiro atoms. The first-order valence-electron chi connectivity index (χ1n) is 8.97. The third-order valence-electron chi connectivity index (χ3n) is 5.83. The molecule has 1 saturated carbocycles. The summed E-state index contributed by atoms with van der Waals surface area (Å²) in [6.45, 7) is 5.72. The summed E-state index contributed by atoms with van der Waals surface area (Å²) in [7, 11) is 2.27. The lowest BCUT2D eigenvalue weighted by atomic mass is 9.94. The molecule has 2 fully saturated rings. The number of benzene rings is 1. The van der Waals surface area contributed by atoms with Crippen LogP contribution in [-0.4, -0.2) is 42.0 Å². The number of nitrogens with zero attached hydrogens (tertiary/aromatic N) is 3. The van der Waals surface area contributed by atoms with Crippen LogP contribution >= 0.6 is 0 Å². The second-order valence-electron chi connectivity index (χ2n) is 7.73. The first-order chi connectivity index (χ1) is 11.1. The van der Waals surface area contributed by atoms with Crippen LogP contribution in [0.4, 0.5) is 0 Å². The summed E-state index contributed by atoms with van der Waals surface area (Å²) in [5.74, 6) is 0. The monoisotopic (exact) mass is 311 g/mol. The summed E-state index contributed by atoms with van der Waals surface area (Å²) >= 11 is 0. The number of rotatable bonds is 6. The van der Waals surface area contributed by atoms with Gasteiger partial charge in [-0.05, 0) is 50.6 Å². The van der Waals surface area contributed by atoms with E-state index in [0.717, 1.165) is 19.5 Å². The topological polar surface area (TPSA) is 30.3 Å². The van der Waals surface area contributed by atoms with Crippen molar-refractivity contribution in [2.24, 2.45) is 5.41 Å². The Hall–Kier alpha value is -1.37. The Bertz CT molecular complexity index is 544. The van der Waals surface area contributed by atoms with Gasteiger partial charge in [0, 0.05) is 38.1 Å². The average molecular weight is 311 g/mol. The van der Waals surface area contributed by atoms with Crippen LogP contribution in [0.3, 0.4) is 0 Å². The molecule has 23 heavy (non-hydrogen) atoms. The van der Waals surface area contributed by atoms with E-state index in [0.29, 0.717) is 17.5 Å². The van der Waals surface area contributed by atoms with Gasteiger partial charge >= 0.3 is 0 Å². The van der Waals surface area contributed by atoms with Crippen molar-refractivity contribution < 1.29 is 0 Å². The highest BCUT2D eigenvalue weighted by molar-refractivity contribution is 5.14. The summed E-state index contributed by atoms with van der Waals surface area (Å²) < 4.78 is 0. The Morgan fingerprint density at radius 1 is 1.30 bits per heavy atom. The van der Waals surface area contributed by atoms with Crippen molar-refractivity contribution in [2.75, 3.05) is 20.1 Å². The normalized spacial score (nSPS) is 26.9. The molecule has 0 bridgehead atoms. The van der Waals surface area contributed by atoms with E-state index < -0.39 is 0 Å². The van der Waals surface area contributed by atoms with Crippen molar-refractivity contribution >= 4 is 0 Å². The molecule has 2 aliphatic rings. The van der Waals surface area contributed by atoms with E-state index in [-0.39, 0.29) is 0 Å². The Kier molecular flexibility index (Phi) is 5.04. The van der Waals surface area contributed by atoms with Crippen molar-refractivity contribution in [3.8, 4) is 6.07 Å². The van der Waals surface area contributed by atoms with Gasteiger partial charge in [0.25, 0.3) is 0 Å². The van der Waals surface area contributed by atoms with Crippen molar-refractivity contribution in [2.45, 2.75) is 57.7 Å². The Morgan fingerprint density at radius 2 is 2.04 bits per heavy atom. The molecule has 0 aromatic heterocycles. The lowest BCUT2D eigenvalue weighted by Crippen LogP contribution is -2.48. The fraction of sp³-hybridized carbons (Fsp3) is 0.650. The molecule has 3 nitrogen and oxygen atoms in total. The van der Waals surface area contributed by atoms with E-state index in [1.807, 2.05) is 0 Å². The van der Waals surface area contributed by atoms with Gasteiger partial charge in [-0.1, -0.05) is 30.3 Å². The molecular formula is C20H29N3. The van der Waals surface area contributed by atoms with Crippen LogP contribution in [0.2, 0.25) is 0 Å². The largest absolute Gasteiger partial charge is 0.303 e. The maximum Gasteiger partial charge on any atom is 0.0628 e. The molecule has 1 aliphatic heterocycles. The highest BCUT2D eigenvalue weighted by Gasteiger charge is 2.44. The first-order valence-corrected chi connectivity index (χ1v) is 8.97. The predicted octanol–water partition coefficient (Wildman–Crippen LogP) is 3.67. The summed E-state index contributed by atoms with van der Waals surface area (Å²) in [4.78, 5) is 5.16. The van der Waals surface area contributed by atoms with Crippen molar-refractivity contribution in [1.29, 1.82) is 5.26 Å².